The van der Waals surface area contributed by atoms with Crippen LogP contribution in [-0.2, 0) is 24.5 Å². The molecule has 2 saturated carbocycles. The quantitative estimate of drug-likeness (QED) is 0.502. The van der Waals surface area contributed by atoms with Crippen molar-refractivity contribution in [3.05, 3.63) is 71.8 Å². The van der Waals surface area contributed by atoms with Crippen molar-refractivity contribution in [2.45, 2.75) is 43.1 Å². The van der Waals surface area contributed by atoms with E-state index in [1.54, 1.807) is 0 Å². The van der Waals surface area contributed by atoms with Gasteiger partial charge in [-0.05, 0) is 42.4 Å². The maximum Gasteiger partial charge on any atom is 0.325 e. The van der Waals surface area contributed by atoms with E-state index < -0.39 is 22.9 Å². The predicted molar refractivity (Wildman–Crippen MR) is 128 cm³/mol. The number of likely N-dealkylation sites (N-methyl/N-ethyl adjacent to an activating group) is 1. The van der Waals surface area contributed by atoms with E-state index in [0.717, 1.165) is 36.9 Å². The minimum absolute atomic E-state index is 0.0256. The van der Waals surface area contributed by atoms with Crippen LogP contribution in [0.4, 0.5) is 5.69 Å². The van der Waals surface area contributed by atoms with E-state index in [4.69, 9.17) is 9.47 Å². The smallest absolute Gasteiger partial charge is 0.325 e. The van der Waals surface area contributed by atoms with Gasteiger partial charge in [-0.3, -0.25) is 9.59 Å². The fourth-order valence-electron chi connectivity index (χ4n) is 7.59. The molecular formula is C28H31NO4. The van der Waals surface area contributed by atoms with Crippen LogP contribution in [0.5, 0.6) is 0 Å². The van der Waals surface area contributed by atoms with Crippen molar-refractivity contribution in [3.8, 4) is 0 Å². The predicted octanol–water partition coefficient (Wildman–Crippen LogP) is 4.75. The van der Waals surface area contributed by atoms with Gasteiger partial charge in [-0.25, -0.2) is 0 Å². The summed E-state index contributed by atoms with van der Waals surface area (Å²) in [6, 6.07) is 18.6. The summed E-state index contributed by atoms with van der Waals surface area (Å²) in [5.41, 5.74) is 0.886. The highest BCUT2D eigenvalue weighted by atomic mass is 16.5. The van der Waals surface area contributed by atoms with E-state index >= 15 is 0 Å². The molecule has 0 N–H and O–H groups in total. The van der Waals surface area contributed by atoms with Gasteiger partial charge in [-0.15, -0.1) is 0 Å². The van der Waals surface area contributed by atoms with E-state index in [1.807, 2.05) is 31.3 Å². The maximum absolute atomic E-state index is 13.7. The largest absolute Gasteiger partial charge is 0.468 e. The number of allylic oxidation sites excluding steroid dienone is 1. The molecule has 0 spiro atoms. The molecule has 33 heavy (non-hydrogen) atoms. The third-order valence-electron chi connectivity index (χ3n) is 8.67. The molecule has 5 heteroatoms. The second kappa shape index (κ2) is 7.75. The molecule has 3 atom stereocenters. The van der Waals surface area contributed by atoms with Gasteiger partial charge in [0, 0.05) is 18.2 Å². The van der Waals surface area contributed by atoms with Gasteiger partial charge in [0.25, 0.3) is 0 Å². The van der Waals surface area contributed by atoms with Gasteiger partial charge < -0.3 is 14.4 Å². The molecule has 172 valence electrons. The van der Waals surface area contributed by atoms with Crippen LogP contribution in [0.3, 0.4) is 0 Å². The first kappa shape index (κ1) is 21.7. The SMILES string of the molecule is COC(=O)C1(C(=O)OC)C[C@H](/C=C/c2ccccc2)[C@@]23CCCC[C@@]12N(C)c1ccccc13. The number of carbonyl (C=O) groups excluding carboxylic acids is 2. The molecule has 0 radical (unpaired) electrons. The Balaban J connectivity index is 1.80. The Morgan fingerprint density at radius 2 is 1.58 bits per heavy atom. The Labute approximate surface area is 195 Å². The molecule has 5 nitrogen and oxygen atoms in total. The van der Waals surface area contributed by atoms with Crippen molar-refractivity contribution in [3.63, 3.8) is 0 Å². The summed E-state index contributed by atoms with van der Waals surface area (Å²) < 4.78 is 10.8. The van der Waals surface area contributed by atoms with Crippen LogP contribution in [0.25, 0.3) is 6.08 Å². The lowest BCUT2D eigenvalue weighted by Gasteiger charge is -2.55. The molecule has 3 aliphatic rings. The second-order valence-electron chi connectivity index (χ2n) is 9.58. The van der Waals surface area contributed by atoms with Crippen LogP contribution in [-0.4, -0.2) is 38.7 Å². The first-order chi connectivity index (χ1) is 16.0. The van der Waals surface area contributed by atoms with Crippen LogP contribution in [0.15, 0.2) is 60.7 Å². The highest BCUT2D eigenvalue weighted by molar-refractivity contribution is 6.05. The van der Waals surface area contributed by atoms with Crippen LogP contribution in [0.1, 0.15) is 43.2 Å². The molecule has 0 unspecified atom stereocenters. The number of para-hydroxylation sites is 1. The number of rotatable bonds is 4. The van der Waals surface area contributed by atoms with Crippen LogP contribution in [0, 0.1) is 11.3 Å². The van der Waals surface area contributed by atoms with Gasteiger partial charge in [-0.1, -0.05) is 73.5 Å². The first-order valence-corrected chi connectivity index (χ1v) is 11.7. The lowest BCUT2D eigenvalue weighted by atomic mass is 9.53. The molecule has 2 fully saturated rings. The summed E-state index contributed by atoms with van der Waals surface area (Å²) in [6.07, 6.45) is 8.37. The van der Waals surface area contributed by atoms with Crippen LogP contribution < -0.4 is 4.90 Å². The number of fused-ring (bicyclic) bond motifs is 1. The minimum Gasteiger partial charge on any atom is -0.468 e. The van der Waals surface area contributed by atoms with Gasteiger partial charge in [-0.2, -0.15) is 0 Å². The molecule has 1 aliphatic heterocycles. The number of nitrogens with zero attached hydrogens (tertiary/aromatic N) is 1. The zero-order valence-electron chi connectivity index (χ0n) is 19.5. The Morgan fingerprint density at radius 1 is 0.939 bits per heavy atom. The summed E-state index contributed by atoms with van der Waals surface area (Å²) in [4.78, 5) is 29.5. The third-order valence-corrected chi connectivity index (χ3v) is 8.67. The van der Waals surface area contributed by atoms with E-state index in [0.29, 0.717) is 6.42 Å². The van der Waals surface area contributed by atoms with Crippen molar-refractivity contribution < 1.29 is 19.1 Å². The normalized spacial score (nSPS) is 29.3. The molecule has 5 rings (SSSR count). The molecule has 0 aromatic heterocycles. The molecule has 1 heterocycles. The average molecular weight is 446 g/mol. The fraction of sp³-hybridized carbons (Fsp3) is 0.429. The maximum atomic E-state index is 13.7. The van der Waals surface area contributed by atoms with E-state index in [9.17, 15) is 9.59 Å². The second-order valence-corrected chi connectivity index (χ2v) is 9.58. The Kier molecular flexibility index (Phi) is 5.11. The van der Waals surface area contributed by atoms with Crippen molar-refractivity contribution in [2.24, 2.45) is 11.3 Å². The molecular weight excluding hydrogens is 414 g/mol. The number of benzene rings is 2. The number of hydrogen-bond donors (Lipinski definition) is 0. The monoisotopic (exact) mass is 445 g/mol. The number of methoxy groups -OCH3 is 2. The van der Waals surface area contributed by atoms with Crippen LogP contribution in [0.2, 0.25) is 0 Å². The number of hydrogen-bond acceptors (Lipinski definition) is 5. The molecule has 2 aliphatic carbocycles. The summed E-state index contributed by atoms with van der Waals surface area (Å²) in [6.45, 7) is 0. The first-order valence-electron chi connectivity index (χ1n) is 11.7. The molecule has 2 aromatic carbocycles. The number of ether oxygens (including phenoxy) is 2. The van der Waals surface area contributed by atoms with Crippen molar-refractivity contribution >= 4 is 23.7 Å². The molecule has 2 aromatic rings. The van der Waals surface area contributed by atoms with E-state index in [2.05, 4.69) is 47.4 Å². The minimum atomic E-state index is -1.41. The van der Waals surface area contributed by atoms with Crippen LogP contribution >= 0.6 is 0 Å². The van der Waals surface area contributed by atoms with E-state index in [-0.39, 0.29) is 11.3 Å². The Hall–Kier alpha value is -3.08. The topological polar surface area (TPSA) is 55.8 Å². The summed E-state index contributed by atoms with van der Waals surface area (Å²) in [7, 11) is 4.79. The molecule has 0 bridgehead atoms. The standard InChI is InChI=1S/C28H31NO4/c1-29-23-14-8-7-13-22(23)26-17-9-10-18-28(26,29)27(24(30)32-2,25(31)33-3)19-21(26)16-15-20-11-5-4-6-12-20/h4-8,11-16,21H,9-10,17-19H2,1-3H3/b16-15+/t21-,26+,28-/m0/s1. The van der Waals surface area contributed by atoms with E-state index in [1.165, 1.54) is 19.8 Å². The number of esters is 2. The highest BCUT2D eigenvalue weighted by Crippen LogP contribution is 2.74. The van der Waals surface area contributed by atoms with Crippen molar-refractivity contribution in [1.82, 2.24) is 0 Å². The van der Waals surface area contributed by atoms with Gasteiger partial charge in [0.05, 0.1) is 19.8 Å². The summed E-state index contributed by atoms with van der Waals surface area (Å²) in [5, 5.41) is 0. The number of anilines is 1. The average Bonchev–Trinajstić information content (AvgIpc) is 3.28. The molecule has 0 amide bonds. The van der Waals surface area contributed by atoms with Gasteiger partial charge in [0.1, 0.15) is 0 Å². The number of carbonyl (C=O) groups is 2. The lowest BCUT2D eigenvalue weighted by Crippen LogP contribution is -2.69. The summed E-state index contributed by atoms with van der Waals surface area (Å²) in [5.74, 6) is -1.01. The Bertz CT molecular complexity index is 1090. The van der Waals surface area contributed by atoms with Gasteiger partial charge in [0.15, 0.2) is 5.41 Å². The van der Waals surface area contributed by atoms with Gasteiger partial charge >= 0.3 is 11.9 Å². The fourth-order valence-corrected chi connectivity index (χ4v) is 7.59. The lowest BCUT2D eigenvalue weighted by molar-refractivity contribution is -0.175. The van der Waals surface area contributed by atoms with Gasteiger partial charge in [0.2, 0.25) is 0 Å². The summed E-state index contributed by atoms with van der Waals surface area (Å²) >= 11 is 0. The zero-order chi connectivity index (χ0) is 23.3. The molecule has 0 saturated heterocycles. The third kappa shape index (κ3) is 2.54. The van der Waals surface area contributed by atoms with Crippen molar-refractivity contribution in [2.75, 3.05) is 26.2 Å². The Morgan fingerprint density at radius 3 is 2.27 bits per heavy atom. The van der Waals surface area contributed by atoms with Crippen molar-refractivity contribution in [1.29, 1.82) is 0 Å². The highest BCUT2D eigenvalue weighted by Gasteiger charge is 2.82. The zero-order valence-corrected chi connectivity index (χ0v) is 19.5.